The third-order valence-corrected chi connectivity index (χ3v) is 4.22. The lowest BCUT2D eigenvalue weighted by atomic mass is 10.0. The van der Waals surface area contributed by atoms with Gasteiger partial charge in [0.25, 0.3) is 0 Å². The van der Waals surface area contributed by atoms with Gasteiger partial charge >= 0.3 is 5.88 Å². The van der Waals surface area contributed by atoms with E-state index in [-0.39, 0.29) is 23.0 Å². The molecular formula is C18H19N5O4S. The molecular weight excluding hydrogens is 382 g/mol. The fraction of sp³-hybridized carbons (Fsp3) is 0.278. The van der Waals surface area contributed by atoms with Crippen molar-refractivity contribution in [1.82, 2.24) is 14.9 Å². The summed E-state index contributed by atoms with van der Waals surface area (Å²) in [4.78, 5) is 10.1. The normalized spacial score (nSPS) is 11.4. The number of hydrogen-bond acceptors (Lipinski definition) is 7. The molecule has 28 heavy (non-hydrogen) atoms. The van der Waals surface area contributed by atoms with Crippen molar-refractivity contribution in [3.05, 3.63) is 67.9 Å². The Balaban J connectivity index is 1.80. The van der Waals surface area contributed by atoms with Crippen LogP contribution in [0.25, 0.3) is 0 Å². The third kappa shape index (κ3) is 4.34. The molecule has 0 aliphatic carbocycles. The first-order valence-electron chi connectivity index (χ1n) is 8.53. The van der Waals surface area contributed by atoms with E-state index in [1.807, 2.05) is 19.1 Å². The van der Waals surface area contributed by atoms with E-state index < -0.39 is 4.92 Å². The van der Waals surface area contributed by atoms with E-state index in [4.69, 9.17) is 21.4 Å². The van der Waals surface area contributed by atoms with Gasteiger partial charge in [-0.15, -0.1) is 0 Å². The molecule has 0 atom stereocenters. The molecule has 0 aliphatic heterocycles. The molecule has 0 aliphatic rings. The minimum Gasteiger partial charge on any atom is -0.485 e. The van der Waals surface area contributed by atoms with Gasteiger partial charge in [0.05, 0.1) is 12.3 Å². The highest BCUT2D eigenvalue weighted by Gasteiger charge is 2.13. The first-order valence-corrected chi connectivity index (χ1v) is 8.94. The number of nitrogens with zero attached hydrogens (tertiary/aromatic N) is 4. The van der Waals surface area contributed by atoms with Crippen molar-refractivity contribution in [2.24, 2.45) is 5.10 Å². The number of ether oxygens (including phenoxy) is 1. The molecule has 0 fully saturated rings. The summed E-state index contributed by atoms with van der Waals surface area (Å²) < 4.78 is 12.7. The fourth-order valence-electron chi connectivity index (χ4n) is 2.55. The smallest absolute Gasteiger partial charge is 0.433 e. The largest absolute Gasteiger partial charge is 0.485 e. The lowest BCUT2D eigenvalue weighted by molar-refractivity contribution is -0.402. The number of rotatable bonds is 7. The van der Waals surface area contributed by atoms with Gasteiger partial charge in [0.15, 0.2) is 11.6 Å². The topological polar surface area (TPSA) is 111 Å². The maximum absolute atomic E-state index is 10.7. The van der Waals surface area contributed by atoms with Crippen LogP contribution < -0.4 is 4.74 Å². The van der Waals surface area contributed by atoms with Crippen LogP contribution in [0.2, 0.25) is 0 Å². The summed E-state index contributed by atoms with van der Waals surface area (Å²) in [5.74, 6) is 1.41. The molecule has 9 nitrogen and oxygen atoms in total. The van der Waals surface area contributed by atoms with Crippen molar-refractivity contribution in [2.75, 3.05) is 0 Å². The summed E-state index contributed by atoms with van der Waals surface area (Å²) in [5, 5.41) is 21.7. The second-order valence-electron chi connectivity index (χ2n) is 6.42. The molecule has 0 saturated heterocycles. The van der Waals surface area contributed by atoms with Crippen LogP contribution in [-0.2, 0) is 6.61 Å². The quantitative estimate of drug-likeness (QED) is 0.273. The predicted octanol–water partition coefficient (Wildman–Crippen LogP) is 4.33. The van der Waals surface area contributed by atoms with E-state index in [0.717, 1.165) is 16.9 Å². The number of hydrogen-bond donors (Lipinski definition) is 1. The van der Waals surface area contributed by atoms with Crippen LogP contribution in [0.3, 0.4) is 0 Å². The van der Waals surface area contributed by atoms with Crippen LogP contribution in [0.5, 0.6) is 5.75 Å². The molecule has 0 saturated carbocycles. The van der Waals surface area contributed by atoms with Crippen molar-refractivity contribution < 1.29 is 14.1 Å². The molecule has 1 aromatic carbocycles. The van der Waals surface area contributed by atoms with Gasteiger partial charge in [-0.1, -0.05) is 26.0 Å². The van der Waals surface area contributed by atoms with Gasteiger partial charge in [0.2, 0.25) is 4.77 Å². The Morgan fingerprint density at radius 3 is 2.89 bits per heavy atom. The molecule has 3 aromatic rings. The zero-order valence-corrected chi connectivity index (χ0v) is 16.4. The lowest BCUT2D eigenvalue weighted by Gasteiger charge is -2.14. The van der Waals surface area contributed by atoms with Crippen molar-refractivity contribution in [3.8, 4) is 5.75 Å². The maximum Gasteiger partial charge on any atom is 0.433 e. The van der Waals surface area contributed by atoms with E-state index in [0.29, 0.717) is 11.7 Å². The van der Waals surface area contributed by atoms with E-state index in [9.17, 15) is 10.1 Å². The van der Waals surface area contributed by atoms with Gasteiger partial charge in [0, 0.05) is 0 Å². The highest BCUT2D eigenvalue weighted by molar-refractivity contribution is 7.71. The van der Waals surface area contributed by atoms with Crippen LogP contribution in [0.1, 0.15) is 42.5 Å². The first-order chi connectivity index (χ1) is 13.3. The summed E-state index contributed by atoms with van der Waals surface area (Å²) in [5.41, 5.74) is 2.19. The van der Waals surface area contributed by atoms with Crippen LogP contribution in [0.4, 0.5) is 5.88 Å². The Bertz CT molecular complexity index is 1080. The molecule has 2 aromatic heterocycles. The predicted molar refractivity (Wildman–Crippen MR) is 105 cm³/mol. The number of H-pyrrole nitrogens is 1. The van der Waals surface area contributed by atoms with E-state index >= 15 is 0 Å². The van der Waals surface area contributed by atoms with Crippen molar-refractivity contribution in [3.63, 3.8) is 0 Å². The molecule has 0 bridgehead atoms. The number of aryl methyl sites for hydroxylation is 1. The van der Waals surface area contributed by atoms with Gasteiger partial charge in [0.1, 0.15) is 17.3 Å². The van der Waals surface area contributed by atoms with Crippen molar-refractivity contribution >= 4 is 24.3 Å². The van der Waals surface area contributed by atoms with Crippen LogP contribution in [0, 0.1) is 21.8 Å². The summed E-state index contributed by atoms with van der Waals surface area (Å²) in [6.45, 7) is 6.34. The Morgan fingerprint density at radius 1 is 1.43 bits per heavy atom. The number of nitrogens with one attached hydrogen (secondary N) is 1. The highest BCUT2D eigenvalue weighted by atomic mass is 32.1. The zero-order valence-electron chi connectivity index (χ0n) is 15.6. The third-order valence-electron chi connectivity index (χ3n) is 3.96. The molecule has 1 N–H and O–H groups in total. The van der Waals surface area contributed by atoms with Gasteiger partial charge in [-0.2, -0.15) is 14.9 Å². The molecule has 0 amide bonds. The minimum atomic E-state index is -0.617. The summed E-state index contributed by atoms with van der Waals surface area (Å²) in [6.07, 6.45) is 1.33. The summed E-state index contributed by atoms with van der Waals surface area (Å²) in [7, 11) is 0. The van der Waals surface area contributed by atoms with E-state index in [1.54, 1.807) is 0 Å². The standard InChI is InChI=1S/C18H19N5O4S/c1-11(2)14-6-4-12(3)8-15(14)26-10-16-20-21-18(28)22(16)19-9-13-5-7-17(27-13)23(24)25/h4-9,11H,10H2,1-3H3,(H,21,28)/b19-9-. The monoisotopic (exact) mass is 401 g/mol. The van der Waals surface area contributed by atoms with Crippen molar-refractivity contribution in [2.45, 2.75) is 33.3 Å². The highest BCUT2D eigenvalue weighted by Crippen LogP contribution is 2.28. The summed E-state index contributed by atoms with van der Waals surface area (Å²) in [6, 6.07) is 8.78. The Hall–Kier alpha value is -3.27. The summed E-state index contributed by atoms with van der Waals surface area (Å²) >= 11 is 5.19. The molecule has 10 heteroatoms. The van der Waals surface area contributed by atoms with Crippen LogP contribution >= 0.6 is 12.2 Å². The second-order valence-corrected chi connectivity index (χ2v) is 6.81. The molecule has 2 heterocycles. The fourth-order valence-corrected chi connectivity index (χ4v) is 2.75. The maximum atomic E-state index is 10.7. The number of aromatic amines is 1. The van der Waals surface area contributed by atoms with Crippen LogP contribution in [0.15, 0.2) is 39.9 Å². The average Bonchev–Trinajstić information content (AvgIpc) is 3.25. The van der Waals surface area contributed by atoms with Gasteiger partial charge in [-0.3, -0.25) is 10.1 Å². The zero-order chi connectivity index (χ0) is 20.3. The number of benzene rings is 1. The first kappa shape index (κ1) is 19.5. The van der Waals surface area contributed by atoms with Crippen LogP contribution in [-0.4, -0.2) is 26.0 Å². The van der Waals surface area contributed by atoms with E-state index in [1.165, 1.54) is 23.0 Å². The van der Waals surface area contributed by atoms with Gasteiger partial charge in [-0.05, 0) is 48.3 Å². The molecule has 0 spiro atoms. The van der Waals surface area contributed by atoms with Gasteiger partial charge in [-0.25, -0.2) is 5.10 Å². The SMILES string of the molecule is Cc1ccc(C(C)C)c(OCc2n[nH]c(=S)n2/N=C\c2ccc([N+](=O)[O-])o2)c1. The molecule has 3 rings (SSSR count). The Kier molecular flexibility index (Phi) is 5.69. The van der Waals surface area contributed by atoms with E-state index in [2.05, 4.69) is 35.2 Å². The Morgan fingerprint density at radius 2 is 2.21 bits per heavy atom. The number of furan rings is 1. The molecule has 0 radical (unpaired) electrons. The van der Waals surface area contributed by atoms with Gasteiger partial charge < -0.3 is 9.15 Å². The second kappa shape index (κ2) is 8.17. The number of nitro groups is 1. The number of aromatic nitrogens is 3. The average molecular weight is 401 g/mol. The lowest BCUT2D eigenvalue weighted by Crippen LogP contribution is -2.06. The van der Waals surface area contributed by atoms with Crippen molar-refractivity contribution in [1.29, 1.82) is 0 Å². The minimum absolute atomic E-state index is 0.145. The molecule has 146 valence electrons. The Labute approximate surface area is 165 Å². The molecule has 0 unspecified atom stereocenters.